The monoisotopic (exact) mass is 404 g/mol. The van der Waals surface area contributed by atoms with Crippen molar-refractivity contribution < 1.29 is 18.0 Å². The number of nitrogens with zero attached hydrogens (tertiary/aromatic N) is 5. The average Bonchev–Trinajstić information content (AvgIpc) is 3.16. The van der Waals surface area contributed by atoms with Crippen molar-refractivity contribution in [3.05, 3.63) is 54.1 Å². The van der Waals surface area contributed by atoms with Crippen molar-refractivity contribution in [1.29, 1.82) is 0 Å². The van der Waals surface area contributed by atoms with Crippen molar-refractivity contribution in [2.45, 2.75) is 11.3 Å². The van der Waals surface area contributed by atoms with Gasteiger partial charge in [0.05, 0.1) is 16.8 Å². The summed E-state index contributed by atoms with van der Waals surface area (Å²) in [6.45, 7) is 0. The van der Waals surface area contributed by atoms with Gasteiger partial charge in [0.2, 0.25) is 5.91 Å². The molecule has 4 rings (SSSR count). The van der Waals surface area contributed by atoms with E-state index in [1.807, 2.05) is 18.2 Å². The summed E-state index contributed by atoms with van der Waals surface area (Å²) in [5, 5.41) is 15.1. The van der Waals surface area contributed by atoms with Crippen LogP contribution in [-0.4, -0.2) is 36.7 Å². The lowest BCUT2D eigenvalue weighted by atomic mass is 10.2. The molecule has 0 unspecified atom stereocenters. The number of hydrogen-bond donors (Lipinski definition) is 1. The number of alkyl halides is 3. The summed E-state index contributed by atoms with van der Waals surface area (Å²) in [5.74, 6) is -0.545. The minimum atomic E-state index is -4.48. The van der Waals surface area contributed by atoms with E-state index in [4.69, 9.17) is 0 Å². The van der Waals surface area contributed by atoms with Crippen LogP contribution in [0.15, 0.2) is 53.7 Å². The minimum Gasteiger partial charge on any atom is -0.325 e. The van der Waals surface area contributed by atoms with E-state index in [0.717, 1.165) is 29.3 Å². The van der Waals surface area contributed by atoms with Gasteiger partial charge in [0.15, 0.2) is 10.8 Å². The summed E-state index contributed by atoms with van der Waals surface area (Å²) < 4.78 is 39.7. The first-order valence-electron chi connectivity index (χ1n) is 7.98. The van der Waals surface area contributed by atoms with Crippen molar-refractivity contribution in [2.24, 2.45) is 0 Å². The van der Waals surface area contributed by atoms with Crippen molar-refractivity contribution in [1.82, 2.24) is 25.0 Å². The molecule has 142 valence electrons. The number of benzene rings is 2. The summed E-state index contributed by atoms with van der Waals surface area (Å²) in [4.78, 5) is 16.6. The number of tetrazole rings is 1. The highest BCUT2D eigenvalue weighted by atomic mass is 32.2. The number of halogens is 3. The van der Waals surface area contributed by atoms with Crippen LogP contribution in [0.25, 0.3) is 16.6 Å². The number of aromatic nitrogens is 5. The van der Waals surface area contributed by atoms with E-state index < -0.39 is 17.6 Å². The molecule has 0 bridgehead atoms. The molecule has 0 aliphatic rings. The number of hydrogen-bond acceptors (Lipinski definition) is 6. The highest BCUT2D eigenvalue weighted by Gasteiger charge is 2.30. The topological polar surface area (TPSA) is 85.1 Å². The van der Waals surface area contributed by atoms with Gasteiger partial charge in [-0.3, -0.25) is 4.79 Å². The molecule has 1 amide bonds. The van der Waals surface area contributed by atoms with E-state index in [1.165, 1.54) is 16.6 Å². The molecule has 4 aromatic rings. The Bertz CT molecular complexity index is 1180. The molecule has 7 nitrogen and oxygen atoms in total. The zero-order chi connectivity index (χ0) is 19.7. The third kappa shape index (κ3) is 3.60. The molecule has 0 aliphatic carbocycles. The van der Waals surface area contributed by atoms with Gasteiger partial charge in [-0.1, -0.05) is 30.0 Å². The Labute approximate surface area is 159 Å². The van der Waals surface area contributed by atoms with Crippen LogP contribution in [0.5, 0.6) is 0 Å². The van der Waals surface area contributed by atoms with Gasteiger partial charge in [-0.2, -0.15) is 17.7 Å². The number of amides is 1. The van der Waals surface area contributed by atoms with E-state index in [1.54, 1.807) is 6.07 Å². The van der Waals surface area contributed by atoms with Crippen LogP contribution in [-0.2, 0) is 11.0 Å². The fraction of sp³-hybridized carbons (Fsp3) is 0.118. The molecule has 0 spiro atoms. The Morgan fingerprint density at radius 3 is 2.79 bits per heavy atom. The fourth-order valence-corrected chi connectivity index (χ4v) is 3.33. The maximum Gasteiger partial charge on any atom is 0.416 e. The number of nitrogens with one attached hydrogen (secondary N) is 1. The van der Waals surface area contributed by atoms with Crippen LogP contribution in [0.2, 0.25) is 0 Å². The Hall–Kier alpha value is -3.21. The first-order chi connectivity index (χ1) is 13.4. The molecular formula is C17H11F3N6OS. The van der Waals surface area contributed by atoms with Crippen LogP contribution in [0.1, 0.15) is 5.56 Å². The Morgan fingerprint density at radius 2 is 1.96 bits per heavy atom. The summed E-state index contributed by atoms with van der Waals surface area (Å²) in [6, 6.07) is 11.8. The van der Waals surface area contributed by atoms with Crippen LogP contribution in [0.3, 0.4) is 0 Å². The SMILES string of the molecule is O=C(CSc1nc2ccccc2c2nnnn12)Nc1cccc(C(F)(F)F)c1. The number of carbonyl (C=O) groups is 1. The molecule has 2 aromatic carbocycles. The molecule has 0 fully saturated rings. The lowest BCUT2D eigenvalue weighted by molar-refractivity contribution is -0.137. The Balaban J connectivity index is 1.51. The Morgan fingerprint density at radius 1 is 1.14 bits per heavy atom. The zero-order valence-electron chi connectivity index (χ0n) is 14.0. The maximum absolute atomic E-state index is 12.8. The van der Waals surface area contributed by atoms with Crippen molar-refractivity contribution in [3.63, 3.8) is 0 Å². The number of fused-ring (bicyclic) bond motifs is 3. The van der Waals surface area contributed by atoms with Gasteiger partial charge in [-0.05, 0) is 40.8 Å². The van der Waals surface area contributed by atoms with Gasteiger partial charge in [0.25, 0.3) is 0 Å². The largest absolute Gasteiger partial charge is 0.416 e. The normalized spacial score (nSPS) is 11.8. The second-order valence-corrected chi connectivity index (χ2v) is 6.68. The molecule has 0 saturated heterocycles. The first-order valence-corrected chi connectivity index (χ1v) is 8.97. The van der Waals surface area contributed by atoms with Crippen LogP contribution < -0.4 is 5.32 Å². The first kappa shape index (κ1) is 18.2. The number of para-hydroxylation sites is 1. The average molecular weight is 404 g/mol. The molecule has 28 heavy (non-hydrogen) atoms. The lowest BCUT2D eigenvalue weighted by Gasteiger charge is -2.10. The van der Waals surface area contributed by atoms with Crippen molar-refractivity contribution in [3.8, 4) is 0 Å². The summed E-state index contributed by atoms with van der Waals surface area (Å²) >= 11 is 1.08. The van der Waals surface area contributed by atoms with Crippen LogP contribution >= 0.6 is 11.8 Å². The number of rotatable bonds is 4. The van der Waals surface area contributed by atoms with E-state index in [2.05, 4.69) is 25.8 Å². The smallest absolute Gasteiger partial charge is 0.325 e. The summed E-state index contributed by atoms with van der Waals surface area (Å²) in [5.41, 5.74) is 0.418. The molecule has 0 radical (unpaired) electrons. The molecule has 0 aliphatic heterocycles. The third-order valence-corrected chi connectivity index (χ3v) is 4.75. The zero-order valence-corrected chi connectivity index (χ0v) is 14.8. The maximum atomic E-state index is 12.8. The highest BCUT2D eigenvalue weighted by Crippen LogP contribution is 2.30. The lowest BCUT2D eigenvalue weighted by Crippen LogP contribution is -2.15. The molecule has 2 aromatic heterocycles. The molecule has 0 saturated carbocycles. The highest BCUT2D eigenvalue weighted by molar-refractivity contribution is 7.99. The predicted octanol–water partition coefficient (Wildman–Crippen LogP) is 3.42. The predicted molar refractivity (Wildman–Crippen MR) is 96.9 cm³/mol. The van der Waals surface area contributed by atoms with Gasteiger partial charge < -0.3 is 5.32 Å². The summed E-state index contributed by atoms with van der Waals surface area (Å²) in [6.07, 6.45) is -4.48. The third-order valence-electron chi connectivity index (χ3n) is 3.82. The van der Waals surface area contributed by atoms with E-state index in [0.29, 0.717) is 16.3 Å². The quantitative estimate of drug-likeness (QED) is 0.414. The summed E-state index contributed by atoms with van der Waals surface area (Å²) in [7, 11) is 0. The van der Waals surface area contributed by atoms with Gasteiger partial charge in [0, 0.05) is 11.1 Å². The van der Waals surface area contributed by atoms with Gasteiger partial charge in [0.1, 0.15) is 0 Å². The molecule has 1 N–H and O–H groups in total. The van der Waals surface area contributed by atoms with Gasteiger partial charge in [-0.15, -0.1) is 5.10 Å². The van der Waals surface area contributed by atoms with Crippen LogP contribution in [0, 0.1) is 0 Å². The number of carbonyl (C=O) groups excluding carboxylic acids is 1. The fourth-order valence-electron chi connectivity index (χ4n) is 2.59. The van der Waals surface area contributed by atoms with E-state index in [-0.39, 0.29) is 11.4 Å². The standard InChI is InChI=1S/C17H11F3N6OS/c18-17(19,20)10-4-3-5-11(8-10)21-14(27)9-28-16-22-13-7-2-1-6-12(13)15-23-24-25-26(15)16/h1-8H,9H2,(H,21,27). The van der Waals surface area contributed by atoms with E-state index >= 15 is 0 Å². The molecular weight excluding hydrogens is 393 g/mol. The Kier molecular flexibility index (Phi) is 4.59. The van der Waals surface area contributed by atoms with Crippen molar-refractivity contribution in [2.75, 3.05) is 11.1 Å². The van der Waals surface area contributed by atoms with Gasteiger partial charge in [-0.25, -0.2) is 4.98 Å². The van der Waals surface area contributed by atoms with Crippen LogP contribution in [0.4, 0.5) is 18.9 Å². The number of thioether (sulfide) groups is 1. The molecule has 11 heteroatoms. The molecule has 0 atom stereocenters. The van der Waals surface area contributed by atoms with E-state index in [9.17, 15) is 18.0 Å². The second kappa shape index (κ2) is 7.08. The minimum absolute atomic E-state index is 0.0689. The molecule has 2 heterocycles. The second-order valence-electron chi connectivity index (χ2n) is 5.74. The van der Waals surface area contributed by atoms with Crippen molar-refractivity contribution >= 4 is 39.9 Å². The van der Waals surface area contributed by atoms with Gasteiger partial charge >= 0.3 is 6.18 Å². The number of anilines is 1.